The SMILES string of the molecule is C[C@H](NC(=O)c1ccc2ccccc2n1)c1cc2ccccc2o1. The van der Waals surface area contributed by atoms with E-state index in [1.54, 1.807) is 6.07 Å². The third-order valence-electron chi connectivity index (χ3n) is 4.05. The van der Waals surface area contributed by atoms with Crippen LogP contribution in [0.15, 0.2) is 71.1 Å². The van der Waals surface area contributed by atoms with Crippen molar-refractivity contribution in [2.45, 2.75) is 13.0 Å². The summed E-state index contributed by atoms with van der Waals surface area (Å²) in [6, 6.07) is 20.9. The highest BCUT2D eigenvalue weighted by Crippen LogP contribution is 2.23. The molecular formula is C20H16N2O2. The number of benzene rings is 2. The first-order valence-corrected chi connectivity index (χ1v) is 7.86. The molecule has 118 valence electrons. The van der Waals surface area contributed by atoms with Gasteiger partial charge in [-0.2, -0.15) is 0 Å². The number of fused-ring (bicyclic) bond motifs is 2. The molecule has 4 rings (SSSR count). The smallest absolute Gasteiger partial charge is 0.270 e. The molecule has 4 nitrogen and oxygen atoms in total. The standard InChI is InChI=1S/C20H16N2O2/c1-13(19-12-15-7-3-5-9-18(15)24-19)21-20(23)17-11-10-14-6-2-4-8-16(14)22-17/h2-13H,1H3,(H,21,23)/t13-/m0/s1. The Balaban J connectivity index is 1.57. The molecule has 0 fully saturated rings. The van der Waals surface area contributed by atoms with Gasteiger partial charge in [0, 0.05) is 10.8 Å². The zero-order valence-electron chi connectivity index (χ0n) is 13.2. The van der Waals surface area contributed by atoms with Crippen molar-refractivity contribution in [2.24, 2.45) is 0 Å². The predicted molar refractivity (Wildman–Crippen MR) is 93.8 cm³/mol. The molecule has 0 unspecified atom stereocenters. The van der Waals surface area contributed by atoms with E-state index in [-0.39, 0.29) is 11.9 Å². The van der Waals surface area contributed by atoms with Gasteiger partial charge in [-0.15, -0.1) is 0 Å². The minimum absolute atomic E-state index is 0.214. The Hall–Kier alpha value is -3.14. The second-order valence-electron chi connectivity index (χ2n) is 5.77. The fraction of sp³-hybridized carbons (Fsp3) is 0.100. The normalized spacial score (nSPS) is 12.4. The van der Waals surface area contributed by atoms with E-state index in [4.69, 9.17) is 4.42 Å². The Bertz CT molecular complexity index is 1000. The summed E-state index contributed by atoms with van der Waals surface area (Å²) in [4.78, 5) is 16.9. The van der Waals surface area contributed by atoms with E-state index in [0.717, 1.165) is 27.6 Å². The van der Waals surface area contributed by atoms with Gasteiger partial charge in [0.1, 0.15) is 17.0 Å². The van der Waals surface area contributed by atoms with Crippen LogP contribution in [0.4, 0.5) is 0 Å². The van der Waals surface area contributed by atoms with Crippen LogP contribution in [0.3, 0.4) is 0 Å². The summed E-state index contributed by atoms with van der Waals surface area (Å²) >= 11 is 0. The third kappa shape index (κ3) is 2.63. The Morgan fingerprint density at radius 3 is 2.58 bits per heavy atom. The number of hydrogen-bond donors (Lipinski definition) is 1. The molecule has 2 aromatic heterocycles. The number of rotatable bonds is 3. The van der Waals surface area contributed by atoms with Crippen molar-refractivity contribution in [3.8, 4) is 0 Å². The summed E-state index contributed by atoms with van der Waals surface area (Å²) in [5.74, 6) is 0.513. The second kappa shape index (κ2) is 5.81. The fourth-order valence-electron chi connectivity index (χ4n) is 2.75. The zero-order valence-corrected chi connectivity index (χ0v) is 13.2. The lowest BCUT2D eigenvalue weighted by atomic mass is 10.2. The molecule has 0 aliphatic carbocycles. The maximum atomic E-state index is 12.5. The van der Waals surface area contributed by atoms with Gasteiger partial charge in [0.25, 0.3) is 5.91 Å². The number of carbonyl (C=O) groups excluding carboxylic acids is 1. The molecule has 4 aromatic rings. The van der Waals surface area contributed by atoms with E-state index in [1.165, 1.54) is 0 Å². The summed E-state index contributed by atoms with van der Waals surface area (Å²) in [6.45, 7) is 1.90. The Morgan fingerprint density at radius 1 is 1.00 bits per heavy atom. The van der Waals surface area contributed by atoms with Gasteiger partial charge in [0.2, 0.25) is 0 Å². The van der Waals surface area contributed by atoms with Crippen LogP contribution >= 0.6 is 0 Å². The largest absolute Gasteiger partial charge is 0.459 e. The number of aromatic nitrogens is 1. The molecule has 0 radical (unpaired) electrons. The Labute approximate surface area is 139 Å². The maximum absolute atomic E-state index is 12.5. The number of para-hydroxylation sites is 2. The van der Waals surface area contributed by atoms with Gasteiger partial charge in [0.15, 0.2) is 0 Å². The van der Waals surface area contributed by atoms with Gasteiger partial charge in [0.05, 0.1) is 11.6 Å². The van der Waals surface area contributed by atoms with Crippen LogP contribution in [0.2, 0.25) is 0 Å². The minimum Gasteiger partial charge on any atom is -0.459 e. The molecule has 1 N–H and O–H groups in total. The van der Waals surface area contributed by atoms with Crippen LogP contribution in [0, 0.1) is 0 Å². The molecule has 2 heterocycles. The molecule has 0 saturated carbocycles. The molecule has 1 atom stereocenters. The number of furan rings is 1. The average molecular weight is 316 g/mol. The minimum atomic E-state index is -0.238. The molecule has 1 amide bonds. The second-order valence-corrected chi connectivity index (χ2v) is 5.77. The van der Waals surface area contributed by atoms with E-state index < -0.39 is 0 Å². The van der Waals surface area contributed by atoms with Crippen molar-refractivity contribution in [3.05, 3.63) is 78.2 Å². The molecule has 0 saturated heterocycles. The van der Waals surface area contributed by atoms with Crippen molar-refractivity contribution >= 4 is 27.8 Å². The summed E-state index contributed by atoms with van der Waals surface area (Å²) in [6.07, 6.45) is 0. The van der Waals surface area contributed by atoms with Gasteiger partial charge in [-0.3, -0.25) is 4.79 Å². The van der Waals surface area contributed by atoms with Gasteiger partial charge in [-0.1, -0.05) is 42.5 Å². The van der Waals surface area contributed by atoms with Crippen molar-refractivity contribution in [3.63, 3.8) is 0 Å². The highest BCUT2D eigenvalue weighted by atomic mass is 16.3. The summed E-state index contributed by atoms with van der Waals surface area (Å²) in [5.41, 5.74) is 2.02. The first-order chi connectivity index (χ1) is 11.7. The summed E-state index contributed by atoms with van der Waals surface area (Å²) in [5, 5.41) is 4.98. The van der Waals surface area contributed by atoms with E-state index in [0.29, 0.717) is 5.69 Å². The van der Waals surface area contributed by atoms with Gasteiger partial charge in [-0.25, -0.2) is 4.98 Å². The van der Waals surface area contributed by atoms with Crippen LogP contribution in [-0.2, 0) is 0 Å². The summed E-state index contributed by atoms with van der Waals surface area (Å²) in [7, 11) is 0. The lowest BCUT2D eigenvalue weighted by Crippen LogP contribution is -2.27. The third-order valence-corrected chi connectivity index (χ3v) is 4.05. The zero-order chi connectivity index (χ0) is 16.5. The van der Waals surface area contributed by atoms with Crippen molar-refractivity contribution in [1.29, 1.82) is 0 Å². The van der Waals surface area contributed by atoms with E-state index in [2.05, 4.69) is 10.3 Å². The van der Waals surface area contributed by atoms with Gasteiger partial charge < -0.3 is 9.73 Å². The molecule has 2 aromatic carbocycles. The first kappa shape index (κ1) is 14.5. The van der Waals surface area contributed by atoms with E-state index >= 15 is 0 Å². The lowest BCUT2D eigenvalue weighted by molar-refractivity contribution is 0.0931. The van der Waals surface area contributed by atoms with Gasteiger partial charge >= 0.3 is 0 Å². The number of amides is 1. The average Bonchev–Trinajstić information content (AvgIpc) is 3.05. The fourth-order valence-corrected chi connectivity index (χ4v) is 2.75. The highest BCUT2D eigenvalue weighted by Gasteiger charge is 2.16. The maximum Gasteiger partial charge on any atom is 0.270 e. The Morgan fingerprint density at radius 2 is 1.75 bits per heavy atom. The van der Waals surface area contributed by atoms with Crippen LogP contribution in [-0.4, -0.2) is 10.9 Å². The molecule has 4 heteroatoms. The topological polar surface area (TPSA) is 55.1 Å². The summed E-state index contributed by atoms with van der Waals surface area (Å²) < 4.78 is 5.80. The lowest BCUT2D eigenvalue weighted by Gasteiger charge is -2.11. The molecule has 0 bridgehead atoms. The molecule has 0 aliphatic heterocycles. The van der Waals surface area contributed by atoms with Crippen molar-refractivity contribution in [1.82, 2.24) is 10.3 Å². The van der Waals surface area contributed by atoms with Crippen molar-refractivity contribution < 1.29 is 9.21 Å². The van der Waals surface area contributed by atoms with Crippen LogP contribution in [0.5, 0.6) is 0 Å². The van der Waals surface area contributed by atoms with Crippen LogP contribution in [0.1, 0.15) is 29.2 Å². The number of hydrogen-bond acceptors (Lipinski definition) is 3. The van der Waals surface area contributed by atoms with Gasteiger partial charge in [-0.05, 0) is 31.2 Å². The quantitative estimate of drug-likeness (QED) is 0.606. The first-order valence-electron chi connectivity index (χ1n) is 7.86. The number of pyridine rings is 1. The van der Waals surface area contributed by atoms with Crippen molar-refractivity contribution in [2.75, 3.05) is 0 Å². The number of carbonyl (C=O) groups is 1. The highest BCUT2D eigenvalue weighted by molar-refractivity contribution is 5.95. The molecule has 0 aliphatic rings. The van der Waals surface area contributed by atoms with Crippen LogP contribution < -0.4 is 5.32 Å². The predicted octanol–water partition coefficient (Wildman–Crippen LogP) is 4.47. The monoisotopic (exact) mass is 316 g/mol. The molecule has 0 spiro atoms. The molecule has 24 heavy (non-hydrogen) atoms. The number of nitrogens with one attached hydrogen (secondary N) is 1. The van der Waals surface area contributed by atoms with E-state index in [9.17, 15) is 4.79 Å². The number of nitrogens with zero attached hydrogens (tertiary/aromatic N) is 1. The molecular weight excluding hydrogens is 300 g/mol. The van der Waals surface area contributed by atoms with E-state index in [1.807, 2.05) is 67.6 Å². The Kier molecular flexibility index (Phi) is 3.50. The van der Waals surface area contributed by atoms with Crippen LogP contribution in [0.25, 0.3) is 21.9 Å².